The summed E-state index contributed by atoms with van der Waals surface area (Å²) in [4.78, 5) is -0.299. The maximum atomic E-state index is 14.3. The molecule has 1 heterocycles. The van der Waals surface area contributed by atoms with Gasteiger partial charge in [0.05, 0.1) is 10.6 Å². The molecule has 23 heavy (non-hydrogen) atoms. The van der Waals surface area contributed by atoms with Crippen LogP contribution in [0.1, 0.15) is 5.56 Å². The maximum Gasteiger partial charge on any atom is 0.261 e. The Labute approximate surface area is 135 Å². The van der Waals surface area contributed by atoms with Gasteiger partial charge in [-0.05, 0) is 36.8 Å². The van der Waals surface area contributed by atoms with Crippen LogP contribution in [0.3, 0.4) is 0 Å². The Balaban J connectivity index is 2.40. The number of benzene rings is 2. The van der Waals surface area contributed by atoms with Crippen molar-refractivity contribution in [2.24, 2.45) is 0 Å². The number of nitrogens with zero attached hydrogens (tertiary/aromatic N) is 1. The second-order valence-corrected chi connectivity index (χ2v) is 7.57. The minimum absolute atomic E-state index is 0.122. The summed E-state index contributed by atoms with van der Waals surface area (Å²) < 4.78 is 38.3. The molecule has 0 aliphatic heterocycles. The zero-order valence-electron chi connectivity index (χ0n) is 11.8. The third kappa shape index (κ3) is 2.42. The Kier molecular flexibility index (Phi) is 3.50. The molecule has 2 aromatic carbocycles. The zero-order valence-corrected chi connectivity index (χ0v) is 13.4. The topological polar surface area (TPSA) is 79.5 Å². The largest absolute Gasteiger partial charge is 0.494 e. The van der Waals surface area contributed by atoms with Crippen molar-refractivity contribution >= 4 is 30.5 Å². The molecule has 5 nitrogen and oxygen atoms in total. The molecule has 3 rings (SSSR count). The Hall–Kier alpha value is -2.25. The highest BCUT2D eigenvalue weighted by Crippen LogP contribution is 2.40. The molecule has 2 N–H and O–H groups in total. The molecule has 0 amide bonds. The lowest BCUT2D eigenvalue weighted by Gasteiger charge is -2.11. The lowest BCUT2D eigenvalue weighted by Crippen LogP contribution is -2.02. The predicted molar refractivity (Wildman–Crippen MR) is 84.3 cm³/mol. The van der Waals surface area contributed by atoms with Crippen LogP contribution in [0.5, 0.6) is 11.8 Å². The summed E-state index contributed by atoms with van der Waals surface area (Å²) in [6.45, 7) is 1.40. The van der Waals surface area contributed by atoms with Gasteiger partial charge in [-0.15, -0.1) is 0 Å². The van der Waals surface area contributed by atoms with Crippen LogP contribution in [-0.2, 0) is 9.05 Å². The summed E-state index contributed by atoms with van der Waals surface area (Å²) >= 11 is 0. The minimum atomic E-state index is -4.11. The monoisotopic (exact) mass is 355 g/mol. The van der Waals surface area contributed by atoms with Crippen molar-refractivity contribution in [3.05, 3.63) is 47.8 Å². The van der Waals surface area contributed by atoms with E-state index in [2.05, 4.69) is 0 Å². The van der Waals surface area contributed by atoms with E-state index in [1.807, 2.05) is 0 Å². The van der Waals surface area contributed by atoms with Crippen molar-refractivity contribution in [1.82, 2.24) is 4.57 Å². The van der Waals surface area contributed by atoms with E-state index in [0.29, 0.717) is 10.8 Å². The first-order chi connectivity index (χ1) is 10.7. The first-order valence-corrected chi connectivity index (χ1v) is 8.79. The summed E-state index contributed by atoms with van der Waals surface area (Å²) in [6.07, 6.45) is 0. The predicted octanol–water partition coefficient (Wildman–Crippen LogP) is 3.42. The van der Waals surface area contributed by atoms with Gasteiger partial charge in [0, 0.05) is 21.5 Å². The maximum absolute atomic E-state index is 14.3. The van der Waals surface area contributed by atoms with Crippen LogP contribution in [0.4, 0.5) is 4.39 Å². The highest BCUT2D eigenvalue weighted by atomic mass is 35.7. The van der Waals surface area contributed by atoms with Gasteiger partial charge in [0.2, 0.25) is 11.8 Å². The van der Waals surface area contributed by atoms with Gasteiger partial charge in [0.15, 0.2) is 0 Å². The fourth-order valence-electron chi connectivity index (χ4n) is 2.52. The number of fused-ring (bicyclic) bond motifs is 1. The summed E-state index contributed by atoms with van der Waals surface area (Å²) in [5.74, 6) is -1.62. The van der Waals surface area contributed by atoms with Crippen molar-refractivity contribution in [2.75, 3.05) is 0 Å². The van der Waals surface area contributed by atoms with Gasteiger partial charge in [-0.3, -0.25) is 0 Å². The molecule has 0 unspecified atom stereocenters. The van der Waals surface area contributed by atoms with E-state index < -0.39 is 26.6 Å². The first kappa shape index (κ1) is 15.6. The van der Waals surface area contributed by atoms with E-state index in [4.69, 9.17) is 10.7 Å². The molecule has 0 saturated carbocycles. The second kappa shape index (κ2) is 5.14. The molecule has 0 aliphatic rings. The molecule has 0 atom stereocenters. The molecular formula is C15H11ClFNO4S. The van der Waals surface area contributed by atoms with E-state index in [1.54, 1.807) is 24.3 Å². The fraction of sp³-hybridized carbons (Fsp3) is 0.0667. The van der Waals surface area contributed by atoms with Crippen molar-refractivity contribution in [1.29, 1.82) is 0 Å². The van der Waals surface area contributed by atoms with Gasteiger partial charge >= 0.3 is 0 Å². The number of rotatable bonds is 2. The Bertz CT molecular complexity index is 1000. The van der Waals surface area contributed by atoms with Gasteiger partial charge in [0.1, 0.15) is 5.82 Å². The van der Waals surface area contributed by atoms with Gasteiger partial charge in [-0.25, -0.2) is 17.4 Å². The number of hydrogen-bond donors (Lipinski definition) is 2. The molecule has 3 aromatic rings. The quantitative estimate of drug-likeness (QED) is 0.690. The van der Waals surface area contributed by atoms with Crippen LogP contribution in [0.2, 0.25) is 0 Å². The van der Waals surface area contributed by atoms with Crippen molar-refractivity contribution in [3.63, 3.8) is 0 Å². The standard InChI is InChI=1S/C15H11ClFNO4S/c1-8-6-11(17)12(7-13(8)23(16,21)22)18-14(19)9-4-2-3-5-10(9)15(18)20/h2-7,19-20H,1H3. The van der Waals surface area contributed by atoms with Crippen molar-refractivity contribution in [3.8, 4) is 17.4 Å². The van der Waals surface area contributed by atoms with Crippen LogP contribution in [0.15, 0.2) is 41.3 Å². The van der Waals surface area contributed by atoms with Crippen LogP contribution in [0, 0.1) is 12.7 Å². The van der Waals surface area contributed by atoms with Crippen LogP contribution >= 0.6 is 10.7 Å². The number of hydrogen-bond acceptors (Lipinski definition) is 4. The molecule has 1 aromatic heterocycles. The summed E-state index contributed by atoms with van der Waals surface area (Å²) in [6, 6.07) is 8.34. The third-order valence-electron chi connectivity index (χ3n) is 3.58. The number of halogens is 2. The van der Waals surface area contributed by atoms with E-state index in [-0.39, 0.29) is 16.1 Å². The second-order valence-electron chi connectivity index (χ2n) is 5.04. The van der Waals surface area contributed by atoms with E-state index in [9.17, 15) is 23.0 Å². The average molecular weight is 356 g/mol. The Morgan fingerprint density at radius 3 is 2.09 bits per heavy atom. The normalized spacial score (nSPS) is 12.0. The van der Waals surface area contributed by atoms with Crippen LogP contribution in [0.25, 0.3) is 16.5 Å². The molecule has 0 radical (unpaired) electrons. The van der Waals surface area contributed by atoms with Gasteiger partial charge in [-0.2, -0.15) is 0 Å². The molecule has 0 fully saturated rings. The molecule has 0 saturated heterocycles. The highest BCUT2D eigenvalue weighted by Gasteiger charge is 2.23. The van der Waals surface area contributed by atoms with E-state index in [0.717, 1.165) is 16.7 Å². The van der Waals surface area contributed by atoms with E-state index >= 15 is 0 Å². The van der Waals surface area contributed by atoms with Gasteiger partial charge < -0.3 is 10.2 Å². The zero-order chi connectivity index (χ0) is 16.9. The molecular weight excluding hydrogens is 345 g/mol. The minimum Gasteiger partial charge on any atom is -0.494 e. The third-order valence-corrected chi connectivity index (χ3v) is 5.04. The molecule has 8 heteroatoms. The van der Waals surface area contributed by atoms with Gasteiger partial charge in [0.25, 0.3) is 9.05 Å². The first-order valence-electron chi connectivity index (χ1n) is 6.48. The molecule has 0 bridgehead atoms. The van der Waals surface area contributed by atoms with Gasteiger partial charge in [-0.1, -0.05) is 12.1 Å². The lowest BCUT2D eigenvalue weighted by molar-refractivity contribution is 0.402. The Morgan fingerprint density at radius 1 is 1.09 bits per heavy atom. The van der Waals surface area contributed by atoms with Crippen molar-refractivity contribution in [2.45, 2.75) is 11.8 Å². The molecule has 0 aliphatic carbocycles. The smallest absolute Gasteiger partial charge is 0.261 e. The van der Waals surface area contributed by atoms with Crippen molar-refractivity contribution < 1.29 is 23.0 Å². The number of aromatic nitrogens is 1. The molecule has 0 spiro atoms. The summed E-state index contributed by atoms with van der Waals surface area (Å²) in [7, 11) is 1.24. The number of aromatic hydroxyl groups is 2. The Morgan fingerprint density at radius 2 is 1.61 bits per heavy atom. The van der Waals surface area contributed by atoms with Crippen LogP contribution < -0.4 is 0 Å². The van der Waals surface area contributed by atoms with E-state index in [1.165, 1.54) is 6.92 Å². The fourth-order valence-corrected chi connectivity index (χ4v) is 3.71. The molecule has 120 valence electrons. The SMILES string of the molecule is Cc1cc(F)c(-n2c(O)c3ccccc3c2O)cc1S(=O)(=O)Cl. The number of aryl methyl sites for hydroxylation is 1. The highest BCUT2D eigenvalue weighted by molar-refractivity contribution is 8.13. The average Bonchev–Trinajstić information content (AvgIpc) is 2.71. The summed E-state index contributed by atoms with van der Waals surface area (Å²) in [5, 5.41) is 21.1. The van der Waals surface area contributed by atoms with Crippen LogP contribution in [-0.4, -0.2) is 23.2 Å². The lowest BCUT2D eigenvalue weighted by atomic mass is 10.2. The summed E-state index contributed by atoms with van der Waals surface area (Å²) in [5.41, 5.74) is -0.196.